The average Bonchev–Trinajstić information content (AvgIpc) is 3.15. The zero-order valence-electron chi connectivity index (χ0n) is 11.3. The van der Waals surface area contributed by atoms with Crippen molar-refractivity contribution in [2.45, 2.75) is 6.67 Å². The van der Waals surface area contributed by atoms with Crippen LogP contribution >= 0.6 is 11.6 Å². The van der Waals surface area contributed by atoms with Gasteiger partial charge in [0.25, 0.3) is 5.91 Å². The molecule has 0 fully saturated rings. The monoisotopic (exact) mass is 317 g/mol. The van der Waals surface area contributed by atoms with Crippen LogP contribution in [0.25, 0.3) is 0 Å². The zero-order valence-corrected chi connectivity index (χ0v) is 12.1. The second-order valence-corrected chi connectivity index (χ2v) is 4.98. The van der Waals surface area contributed by atoms with Gasteiger partial charge in [0.1, 0.15) is 12.4 Å². The number of phenolic OH excluding ortho intramolecular Hbond substituents is 1. The van der Waals surface area contributed by atoms with Crippen molar-refractivity contribution in [3.8, 4) is 5.75 Å². The fourth-order valence-corrected chi connectivity index (χ4v) is 2.06. The summed E-state index contributed by atoms with van der Waals surface area (Å²) in [6.45, 7) is 0.405. The summed E-state index contributed by atoms with van der Waals surface area (Å²) in [5, 5.41) is 20.9. The van der Waals surface area contributed by atoms with E-state index < -0.39 is 5.91 Å². The number of rotatable bonds is 4. The normalized spacial score (nSPS) is 10.6. The lowest BCUT2D eigenvalue weighted by atomic mass is 10.3. The number of anilines is 1. The smallest absolute Gasteiger partial charge is 0.276 e. The minimum absolute atomic E-state index is 0.0614. The van der Waals surface area contributed by atoms with Crippen LogP contribution in [0.15, 0.2) is 48.9 Å². The van der Waals surface area contributed by atoms with E-state index in [4.69, 9.17) is 11.6 Å². The predicted octanol–water partition coefficient (Wildman–Crippen LogP) is 2.20. The Kier molecular flexibility index (Phi) is 3.80. The summed E-state index contributed by atoms with van der Waals surface area (Å²) in [6.07, 6.45) is 5.14. The highest BCUT2D eigenvalue weighted by atomic mass is 35.5. The number of nitrogens with one attached hydrogen (secondary N) is 1. The van der Waals surface area contributed by atoms with Gasteiger partial charge < -0.3 is 10.4 Å². The molecule has 0 saturated heterocycles. The van der Waals surface area contributed by atoms with Gasteiger partial charge in [0.15, 0.2) is 5.69 Å². The summed E-state index contributed by atoms with van der Waals surface area (Å²) >= 11 is 5.84. The summed E-state index contributed by atoms with van der Waals surface area (Å²) in [7, 11) is 0. The number of carbonyl (C=O) groups excluding carboxylic acids is 1. The molecule has 8 heteroatoms. The van der Waals surface area contributed by atoms with Crippen molar-refractivity contribution in [1.29, 1.82) is 0 Å². The fraction of sp³-hybridized carbons (Fsp3) is 0.0714. The first-order chi connectivity index (χ1) is 10.6. The molecule has 1 amide bonds. The molecule has 3 rings (SSSR count). The van der Waals surface area contributed by atoms with Crippen LogP contribution in [-0.4, -0.2) is 30.6 Å². The SMILES string of the molecule is O=C(Nc1cc(Cl)ccc1O)c1ccn(Cn2cccn2)n1. The van der Waals surface area contributed by atoms with Gasteiger partial charge in [0.2, 0.25) is 0 Å². The van der Waals surface area contributed by atoms with Crippen LogP contribution in [-0.2, 0) is 6.67 Å². The molecule has 0 unspecified atom stereocenters. The van der Waals surface area contributed by atoms with Crippen LogP contribution in [0.5, 0.6) is 5.75 Å². The molecule has 2 N–H and O–H groups in total. The van der Waals surface area contributed by atoms with E-state index >= 15 is 0 Å². The second-order valence-electron chi connectivity index (χ2n) is 4.54. The Morgan fingerprint density at radius 2 is 2.14 bits per heavy atom. The first-order valence-electron chi connectivity index (χ1n) is 6.42. The summed E-state index contributed by atoms with van der Waals surface area (Å²) in [6, 6.07) is 7.80. The summed E-state index contributed by atoms with van der Waals surface area (Å²) in [4.78, 5) is 12.1. The van der Waals surface area contributed by atoms with Gasteiger partial charge in [-0.25, -0.2) is 0 Å². The Hall–Kier alpha value is -2.80. The van der Waals surface area contributed by atoms with Gasteiger partial charge in [-0.15, -0.1) is 0 Å². The molecular weight excluding hydrogens is 306 g/mol. The third kappa shape index (κ3) is 3.09. The van der Waals surface area contributed by atoms with Gasteiger partial charge in [-0.2, -0.15) is 10.2 Å². The highest BCUT2D eigenvalue weighted by Crippen LogP contribution is 2.26. The van der Waals surface area contributed by atoms with Gasteiger partial charge in [-0.05, 0) is 30.3 Å². The molecule has 0 spiro atoms. The number of aromatic nitrogens is 4. The maximum Gasteiger partial charge on any atom is 0.276 e. The van der Waals surface area contributed by atoms with E-state index in [-0.39, 0.29) is 17.1 Å². The maximum atomic E-state index is 12.1. The molecule has 0 atom stereocenters. The second kappa shape index (κ2) is 5.90. The van der Waals surface area contributed by atoms with Crippen molar-refractivity contribution in [2.24, 2.45) is 0 Å². The summed E-state index contributed by atoms with van der Waals surface area (Å²) in [5.41, 5.74) is 0.464. The van der Waals surface area contributed by atoms with E-state index in [0.717, 1.165) is 0 Å². The van der Waals surface area contributed by atoms with Crippen molar-refractivity contribution in [3.05, 3.63) is 59.6 Å². The Morgan fingerprint density at radius 3 is 2.91 bits per heavy atom. The maximum absolute atomic E-state index is 12.1. The van der Waals surface area contributed by atoms with Crippen LogP contribution in [0.1, 0.15) is 10.5 Å². The lowest BCUT2D eigenvalue weighted by molar-refractivity contribution is 0.102. The van der Waals surface area contributed by atoms with E-state index in [0.29, 0.717) is 11.7 Å². The first-order valence-corrected chi connectivity index (χ1v) is 6.80. The van der Waals surface area contributed by atoms with E-state index in [1.54, 1.807) is 40.1 Å². The van der Waals surface area contributed by atoms with Crippen molar-refractivity contribution >= 4 is 23.2 Å². The Balaban J connectivity index is 1.72. The number of hydrogen-bond acceptors (Lipinski definition) is 4. The number of carbonyl (C=O) groups is 1. The Morgan fingerprint density at radius 1 is 1.27 bits per heavy atom. The van der Waals surface area contributed by atoms with Gasteiger partial charge in [0, 0.05) is 23.6 Å². The van der Waals surface area contributed by atoms with Crippen LogP contribution < -0.4 is 5.32 Å². The number of hydrogen-bond donors (Lipinski definition) is 2. The molecule has 3 aromatic rings. The molecule has 0 radical (unpaired) electrons. The zero-order chi connectivity index (χ0) is 15.5. The molecule has 0 aliphatic heterocycles. The van der Waals surface area contributed by atoms with Crippen molar-refractivity contribution in [3.63, 3.8) is 0 Å². The number of amides is 1. The van der Waals surface area contributed by atoms with E-state index in [9.17, 15) is 9.90 Å². The highest BCUT2D eigenvalue weighted by Gasteiger charge is 2.12. The molecule has 1 aromatic carbocycles. The Labute approximate surface area is 130 Å². The minimum atomic E-state index is -0.434. The number of benzene rings is 1. The molecule has 2 aromatic heterocycles. The quantitative estimate of drug-likeness (QED) is 0.722. The van der Waals surface area contributed by atoms with Crippen LogP contribution in [0, 0.1) is 0 Å². The molecule has 2 heterocycles. The van der Waals surface area contributed by atoms with Gasteiger partial charge in [-0.3, -0.25) is 14.2 Å². The average molecular weight is 318 g/mol. The molecule has 0 aliphatic rings. The van der Waals surface area contributed by atoms with E-state index in [1.807, 2.05) is 0 Å². The summed E-state index contributed by atoms with van der Waals surface area (Å²) < 4.78 is 3.26. The van der Waals surface area contributed by atoms with E-state index in [1.165, 1.54) is 18.2 Å². The van der Waals surface area contributed by atoms with Crippen LogP contribution in [0.2, 0.25) is 5.02 Å². The fourth-order valence-electron chi connectivity index (χ4n) is 1.89. The first kappa shape index (κ1) is 14.2. The molecular formula is C14H12ClN5O2. The lowest BCUT2D eigenvalue weighted by Crippen LogP contribution is -2.15. The number of nitrogens with zero attached hydrogens (tertiary/aromatic N) is 4. The van der Waals surface area contributed by atoms with Crippen LogP contribution in [0.3, 0.4) is 0 Å². The third-order valence-electron chi connectivity index (χ3n) is 2.93. The largest absolute Gasteiger partial charge is 0.506 e. The number of aromatic hydroxyl groups is 1. The molecule has 22 heavy (non-hydrogen) atoms. The molecule has 7 nitrogen and oxygen atoms in total. The Bertz CT molecular complexity index is 797. The molecule has 0 aliphatic carbocycles. The lowest BCUT2D eigenvalue weighted by Gasteiger charge is -2.06. The highest BCUT2D eigenvalue weighted by molar-refractivity contribution is 6.31. The predicted molar refractivity (Wildman–Crippen MR) is 80.9 cm³/mol. The third-order valence-corrected chi connectivity index (χ3v) is 3.16. The standard InChI is InChI=1S/C14H12ClN5O2/c15-10-2-3-13(21)12(8-10)17-14(22)11-4-7-20(18-11)9-19-6-1-5-16-19/h1-8,21H,9H2,(H,17,22). The van der Waals surface area contributed by atoms with Crippen molar-refractivity contribution < 1.29 is 9.90 Å². The molecule has 0 bridgehead atoms. The van der Waals surface area contributed by atoms with Gasteiger partial charge in [-0.1, -0.05) is 11.6 Å². The summed E-state index contributed by atoms with van der Waals surface area (Å²) in [5.74, 6) is -0.495. The topological polar surface area (TPSA) is 85.0 Å². The molecule has 0 saturated carbocycles. The minimum Gasteiger partial charge on any atom is -0.506 e. The number of halogens is 1. The van der Waals surface area contributed by atoms with Crippen LogP contribution in [0.4, 0.5) is 5.69 Å². The molecule has 112 valence electrons. The van der Waals surface area contributed by atoms with Crippen molar-refractivity contribution in [1.82, 2.24) is 19.6 Å². The van der Waals surface area contributed by atoms with Gasteiger partial charge in [0.05, 0.1) is 5.69 Å². The van der Waals surface area contributed by atoms with Crippen molar-refractivity contribution in [2.75, 3.05) is 5.32 Å². The van der Waals surface area contributed by atoms with Gasteiger partial charge >= 0.3 is 0 Å². The van der Waals surface area contributed by atoms with E-state index in [2.05, 4.69) is 15.5 Å². The number of phenols is 1.